The van der Waals surface area contributed by atoms with Gasteiger partial charge >= 0.3 is 0 Å². The lowest BCUT2D eigenvalue weighted by molar-refractivity contribution is 0.0714. The predicted molar refractivity (Wildman–Crippen MR) is 92.8 cm³/mol. The average Bonchev–Trinajstić information content (AvgIpc) is 2.57. The predicted octanol–water partition coefficient (Wildman–Crippen LogP) is 2.19. The number of benzene rings is 2. The van der Waals surface area contributed by atoms with E-state index >= 15 is 0 Å². The molecular weight excluding hydrogens is 324 g/mol. The van der Waals surface area contributed by atoms with Crippen LogP contribution in [0.2, 0.25) is 0 Å². The molecule has 6 N–H and O–H groups in total. The van der Waals surface area contributed by atoms with Crippen LogP contribution in [0.5, 0.6) is 23.0 Å². The molecule has 0 saturated heterocycles. The summed E-state index contributed by atoms with van der Waals surface area (Å²) in [6, 6.07) is 9.06. The van der Waals surface area contributed by atoms with Crippen molar-refractivity contribution in [3.05, 3.63) is 47.5 Å². The molecule has 6 heteroatoms. The van der Waals surface area contributed by atoms with E-state index in [4.69, 9.17) is 0 Å². The van der Waals surface area contributed by atoms with E-state index in [1.165, 1.54) is 24.3 Å². The van der Waals surface area contributed by atoms with Crippen LogP contribution >= 0.6 is 0 Å². The molecule has 0 aliphatic heterocycles. The molecule has 0 bridgehead atoms. The Labute approximate surface area is 146 Å². The summed E-state index contributed by atoms with van der Waals surface area (Å²) in [7, 11) is 0. The molecule has 2 aromatic carbocycles. The Morgan fingerprint density at radius 1 is 0.600 bits per heavy atom. The number of phenols is 4. The molecule has 2 rings (SSSR count). The molecule has 136 valence electrons. The van der Waals surface area contributed by atoms with Crippen molar-refractivity contribution in [3.63, 3.8) is 0 Å². The van der Waals surface area contributed by atoms with Gasteiger partial charge < -0.3 is 30.6 Å². The van der Waals surface area contributed by atoms with Crippen molar-refractivity contribution in [2.45, 2.75) is 44.3 Å². The molecule has 0 saturated carbocycles. The van der Waals surface area contributed by atoms with E-state index in [1.807, 2.05) is 0 Å². The largest absolute Gasteiger partial charge is 0.504 e. The number of phenolic OH excluding ortho intramolecular Hbond substituents is 4. The highest BCUT2D eigenvalue weighted by molar-refractivity contribution is 5.41. The van der Waals surface area contributed by atoms with Crippen molar-refractivity contribution in [1.29, 1.82) is 0 Å². The van der Waals surface area contributed by atoms with Crippen LogP contribution in [0.1, 0.15) is 30.4 Å². The average molecular weight is 348 g/mol. The number of aliphatic hydroxyl groups excluding tert-OH is 2. The maximum absolute atomic E-state index is 10.0. The van der Waals surface area contributed by atoms with Crippen molar-refractivity contribution >= 4 is 0 Å². The lowest BCUT2D eigenvalue weighted by Gasteiger charge is -2.16. The number of hydrogen-bond acceptors (Lipinski definition) is 6. The fourth-order valence-corrected chi connectivity index (χ4v) is 2.67. The summed E-state index contributed by atoms with van der Waals surface area (Å²) in [4.78, 5) is 0. The van der Waals surface area contributed by atoms with Gasteiger partial charge in [-0.3, -0.25) is 0 Å². The standard InChI is InChI=1S/C19H24O6/c20-14(5-1-12-3-7-16(22)18(24)9-12)11-15(21)6-2-13-4-8-17(23)19(25)10-13/h3-4,7-10,14-15,20-25H,1-2,5-6,11H2. The zero-order chi connectivity index (χ0) is 18.4. The molecule has 0 aliphatic rings. The van der Waals surface area contributed by atoms with Crippen LogP contribution < -0.4 is 0 Å². The molecule has 2 atom stereocenters. The zero-order valence-electron chi connectivity index (χ0n) is 13.8. The van der Waals surface area contributed by atoms with Gasteiger partial charge in [0.1, 0.15) is 0 Å². The molecule has 6 nitrogen and oxygen atoms in total. The lowest BCUT2D eigenvalue weighted by atomic mass is 9.99. The Kier molecular flexibility index (Phi) is 6.50. The molecule has 0 heterocycles. The Balaban J connectivity index is 1.74. The SMILES string of the molecule is Oc1ccc(CCC(O)CC(O)CCc2ccc(O)c(O)c2)cc1O. The van der Waals surface area contributed by atoms with E-state index in [-0.39, 0.29) is 29.4 Å². The summed E-state index contributed by atoms with van der Waals surface area (Å²) in [5, 5.41) is 57.5. The summed E-state index contributed by atoms with van der Waals surface area (Å²) in [6.45, 7) is 0. The van der Waals surface area contributed by atoms with Gasteiger partial charge in [0.25, 0.3) is 0 Å². The fourth-order valence-electron chi connectivity index (χ4n) is 2.67. The van der Waals surface area contributed by atoms with Crippen LogP contribution in [0.15, 0.2) is 36.4 Å². The monoisotopic (exact) mass is 348 g/mol. The van der Waals surface area contributed by atoms with Crippen LogP contribution in [-0.4, -0.2) is 42.8 Å². The summed E-state index contributed by atoms with van der Waals surface area (Å²) in [5.41, 5.74) is 1.59. The quantitative estimate of drug-likeness (QED) is 0.407. The highest BCUT2D eigenvalue weighted by Crippen LogP contribution is 2.27. The molecule has 0 aromatic heterocycles. The van der Waals surface area contributed by atoms with Gasteiger partial charge in [-0.1, -0.05) is 12.1 Å². The molecule has 0 radical (unpaired) electrons. The molecule has 0 fully saturated rings. The summed E-state index contributed by atoms with van der Waals surface area (Å²) < 4.78 is 0. The van der Waals surface area contributed by atoms with Gasteiger partial charge in [-0.2, -0.15) is 0 Å². The normalized spacial score (nSPS) is 13.5. The Morgan fingerprint density at radius 3 is 1.36 bits per heavy atom. The maximum atomic E-state index is 10.0. The second kappa shape index (κ2) is 8.60. The lowest BCUT2D eigenvalue weighted by Crippen LogP contribution is -2.19. The van der Waals surface area contributed by atoms with E-state index in [0.717, 1.165) is 11.1 Å². The van der Waals surface area contributed by atoms with Crippen molar-refractivity contribution in [2.75, 3.05) is 0 Å². The first-order valence-electron chi connectivity index (χ1n) is 8.23. The van der Waals surface area contributed by atoms with Gasteiger partial charge in [-0.05, 0) is 67.5 Å². The van der Waals surface area contributed by atoms with Crippen LogP contribution in [0, 0.1) is 0 Å². The minimum absolute atomic E-state index is 0.181. The zero-order valence-corrected chi connectivity index (χ0v) is 13.8. The van der Waals surface area contributed by atoms with E-state index in [0.29, 0.717) is 25.7 Å². The van der Waals surface area contributed by atoms with Crippen molar-refractivity contribution in [1.82, 2.24) is 0 Å². The maximum Gasteiger partial charge on any atom is 0.157 e. The second-order valence-electron chi connectivity index (χ2n) is 6.27. The smallest absolute Gasteiger partial charge is 0.157 e. The number of hydrogen-bond donors (Lipinski definition) is 6. The van der Waals surface area contributed by atoms with Gasteiger partial charge in [0.15, 0.2) is 23.0 Å². The van der Waals surface area contributed by atoms with E-state index in [9.17, 15) is 30.6 Å². The van der Waals surface area contributed by atoms with E-state index < -0.39 is 12.2 Å². The number of rotatable bonds is 8. The molecule has 0 spiro atoms. The molecule has 25 heavy (non-hydrogen) atoms. The Hall–Kier alpha value is -2.44. The summed E-state index contributed by atoms with van der Waals surface area (Å²) in [6.07, 6.45) is 0.774. The topological polar surface area (TPSA) is 121 Å². The first-order valence-corrected chi connectivity index (χ1v) is 8.23. The fraction of sp³-hybridized carbons (Fsp3) is 0.368. The third-order valence-electron chi connectivity index (χ3n) is 4.16. The molecule has 2 unspecified atom stereocenters. The highest BCUT2D eigenvalue weighted by Gasteiger charge is 2.13. The van der Waals surface area contributed by atoms with Gasteiger partial charge in [0.2, 0.25) is 0 Å². The number of aryl methyl sites for hydroxylation is 2. The molecular formula is C19H24O6. The minimum atomic E-state index is -0.681. The van der Waals surface area contributed by atoms with Gasteiger partial charge in [-0.25, -0.2) is 0 Å². The minimum Gasteiger partial charge on any atom is -0.504 e. The molecule has 0 aliphatic carbocycles. The third-order valence-corrected chi connectivity index (χ3v) is 4.16. The van der Waals surface area contributed by atoms with Crippen LogP contribution in [0.4, 0.5) is 0 Å². The van der Waals surface area contributed by atoms with Crippen molar-refractivity contribution in [2.24, 2.45) is 0 Å². The van der Waals surface area contributed by atoms with E-state index in [2.05, 4.69) is 0 Å². The number of aliphatic hydroxyl groups is 2. The second-order valence-corrected chi connectivity index (χ2v) is 6.27. The summed E-state index contributed by atoms with van der Waals surface area (Å²) >= 11 is 0. The Morgan fingerprint density at radius 2 is 1.00 bits per heavy atom. The van der Waals surface area contributed by atoms with Crippen LogP contribution in [0.25, 0.3) is 0 Å². The van der Waals surface area contributed by atoms with Gasteiger partial charge in [0.05, 0.1) is 12.2 Å². The highest BCUT2D eigenvalue weighted by atomic mass is 16.3. The molecule has 0 amide bonds. The van der Waals surface area contributed by atoms with Crippen molar-refractivity contribution in [3.8, 4) is 23.0 Å². The molecule has 2 aromatic rings. The first-order chi connectivity index (χ1) is 11.8. The first kappa shape index (κ1) is 18.9. The van der Waals surface area contributed by atoms with Crippen molar-refractivity contribution < 1.29 is 30.6 Å². The van der Waals surface area contributed by atoms with Gasteiger partial charge in [0, 0.05) is 0 Å². The number of aromatic hydroxyl groups is 4. The summed E-state index contributed by atoms with van der Waals surface area (Å²) in [5.74, 6) is -0.742. The third kappa shape index (κ3) is 5.85. The van der Waals surface area contributed by atoms with Crippen LogP contribution in [0.3, 0.4) is 0 Å². The van der Waals surface area contributed by atoms with Gasteiger partial charge in [-0.15, -0.1) is 0 Å². The van der Waals surface area contributed by atoms with E-state index in [1.54, 1.807) is 12.1 Å². The Bertz CT molecular complexity index is 641. The van der Waals surface area contributed by atoms with Crippen LogP contribution in [-0.2, 0) is 12.8 Å².